The van der Waals surface area contributed by atoms with Crippen LogP contribution in [0.15, 0.2) is 53.4 Å². The van der Waals surface area contributed by atoms with Crippen LogP contribution < -0.4 is 11.1 Å². The van der Waals surface area contributed by atoms with Crippen molar-refractivity contribution < 1.29 is 9.72 Å². The van der Waals surface area contributed by atoms with Crippen molar-refractivity contribution in [2.45, 2.75) is 17.1 Å². The van der Waals surface area contributed by atoms with E-state index < -0.39 is 4.92 Å². The van der Waals surface area contributed by atoms with Gasteiger partial charge in [0.2, 0.25) is 5.91 Å². The topological polar surface area (TPSA) is 98.3 Å². The van der Waals surface area contributed by atoms with Gasteiger partial charge in [-0.1, -0.05) is 0 Å². The number of nitro groups is 1. The molecule has 22 heavy (non-hydrogen) atoms. The summed E-state index contributed by atoms with van der Waals surface area (Å²) < 4.78 is 0. The van der Waals surface area contributed by atoms with E-state index in [0.29, 0.717) is 11.4 Å². The Morgan fingerprint density at radius 1 is 1.18 bits per heavy atom. The number of nitro benzene ring substituents is 1. The highest BCUT2D eigenvalue weighted by atomic mass is 32.2. The SMILES string of the molecule is C[C@@H](Sc1ccc(N)cc1)C(=O)Nc1ccc([N+](=O)[O-])cc1. The molecule has 0 unspecified atom stereocenters. The Labute approximate surface area is 131 Å². The number of non-ortho nitro benzene ring substituents is 1. The van der Waals surface area contributed by atoms with Crippen LogP contribution in [0.25, 0.3) is 0 Å². The van der Waals surface area contributed by atoms with Crippen molar-refractivity contribution >= 4 is 34.7 Å². The van der Waals surface area contributed by atoms with Gasteiger partial charge in [-0.2, -0.15) is 0 Å². The zero-order chi connectivity index (χ0) is 16.1. The van der Waals surface area contributed by atoms with E-state index in [1.54, 1.807) is 19.1 Å². The van der Waals surface area contributed by atoms with Gasteiger partial charge in [0, 0.05) is 28.4 Å². The lowest BCUT2D eigenvalue weighted by molar-refractivity contribution is -0.384. The molecular formula is C15H15N3O3S. The van der Waals surface area contributed by atoms with Crippen LogP contribution in [0.1, 0.15) is 6.92 Å². The van der Waals surface area contributed by atoms with E-state index >= 15 is 0 Å². The van der Waals surface area contributed by atoms with Crippen LogP contribution in [0.3, 0.4) is 0 Å². The summed E-state index contributed by atoms with van der Waals surface area (Å²) in [6.07, 6.45) is 0. The Kier molecular flexibility index (Phi) is 5.00. The molecule has 7 heteroatoms. The van der Waals surface area contributed by atoms with Crippen LogP contribution in [0.2, 0.25) is 0 Å². The van der Waals surface area contributed by atoms with E-state index in [2.05, 4.69) is 5.32 Å². The molecule has 0 aliphatic heterocycles. The Morgan fingerprint density at radius 3 is 2.32 bits per heavy atom. The normalized spacial score (nSPS) is 11.7. The number of benzene rings is 2. The maximum Gasteiger partial charge on any atom is 0.269 e. The van der Waals surface area contributed by atoms with Gasteiger partial charge in [0.1, 0.15) is 0 Å². The molecule has 3 N–H and O–H groups in total. The second-order valence-corrected chi connectivity index (χ2v) is 6.04. The Balaban J connectivity index is 1.95. The average molecular weight is 317 g/mol. The minimum Gasteiger partial charge on any atom is -0.399 e. The van der Waals surface area contributed by atoms with E-state index in [0.717, 1.165) is 4.90 Å². The predicted octanol–water partition coefficient (Wildman–Crippen LogP) is 3.30. The summed E-state index contributed by atoms with van der Waals surface area (Å²) in [7, 11) is 0. The lowest BCUT2D eigenvalue weighted by Crippen LogP contribution is -2.22. The summed E-state index contributed by atoms with van der Waals surface area (Å²) in [6, 6.07) is 13.0. The molecule has 6 nitrogen and oxygen atoms in total. The molecule has 0 heterocycles. The lowest BCUT2D eigenvalue weighted by atomic mass is 10.3. The fraction of sp³-hybridized carbons (Fsp3) is 0.133. The monoisotopic (exact) mass is 317 g/mol. The standard InChI is InChI=1S/C15H15N3O3S/c1-10(22-14-8-2-11(16)3-9-14)15(19)17-12-4-6-13(7-5-12)18(20)21/h2-10H,16H2,1H3,(H,17,19)/t10-/m1/s1. The number of nitrogens with zero attached hydrogens (tertiary/aromatic N) is 1. The highest BCUT2D eigenvalue weighted by Crippen LogP contribution is 2.25. The summed E-state index contributed by atoms with van der Waals surface area (Å²) in [5.41, 5.74) is 6.81. The zero-order valence-corrected chi connectivity index (χ0v) is 12.7. The van der Waals surface area contributed by atoms with Gasteiger partial charge in [-0.15, -0.1) is 11.8 Å². The maximum absolute atomic E-state index is 12.1. The van der Waals surface area contributed by atoms with Gasteiger partial charge in [-0.3, -0.25) is 14.9 Å². The predicted molar refractivity (Wildman–Crippen MR) is 87.9 cm³/mol. The number of carbonyl (C=O) groups excluding carboxylic acids is 1. The van der Waals surface area contributed by atoms with Gasteiger partial charge in [0.25, 0.3) is 5.69 Å². The van der Waals surface area contributed by atoms with Crippen LogP contribution in [0, 0.1) is 10.1 Å². The van der Waals surface area contributed by atoms with E-state index in [4.69, 9.17) is 5.73 Å². The van der Waals surface area contributed by atoms with Crippen molar-refractivity contribution in [3.05, 3.63) is 58.6 Å². The largest absolute Gasteiger partial charge is 0.399 e. The Morgan fingerprint density at radius 2 is 1.77 bits per heavy atom. The van der Waals surface area contributed by atoms with E-state index in [9.17, 15) is 14.9 Å². The quantitative estimate of drug-likeness (QED) is 0.381. The van der Waals surface area contributed by atoms with E-state index in [-0.39, 0.29) is 16.8 Å². The molecule has 0 radical (unpaired) electrons. The number of anilines is 2. The molecule has 0 spiro atoms. The van der Waals surface area contributed by atoms with Crippen molar-refractivity contribution in [2.75, 3.05) is 11.1 Å². The van der Waals surface area contributed by atoms with Gasteiger partial charge in [-0.05, 0) is 43.3 Å². The third-order valence-electron chi connectivity index (χ3n) is 2.91. The average Bonchev–Trinajstić information content (AvgIpc) is 2.50. The molecule has 2 aromatic carbocycles. The van der Waals surface area contributed by atoms with Crippen molar-refractivity contribution in [2.24, 2.45) is 0 Å². The van der Waals surface area contributed by atoms with Gasteiger partial charge < -0.3 is 11.1 Å². The zero-order valence-electron chi connectivity index (χ0n) is 11.9. The number of hydrogen-bond acceptors (Lipinski definition) is 5. The Hall–Kier alpha value is -2.54. The summed E-state index contributed by atoms with van der Waals surface area (Å²) in [4.78, 5) is 23.2. The van der Waals surface area contributed by atoms with Crippen molar-refractivity contribution in [1.82, 2.24) is 0 Å². The molecule has 0 bridgehead atoms. The summed E-state index contributed by atoms with van der Waals surface area (Å²) in [6.45, 7) is 1.79. The van der Waals surface area contributed by atoms with E-state index in [1.807, 2.05) is 12.1 Å². The van der Waals surface area contributed by atoms with E-state index in [1.165, 1.54) is 36.0 Å². The molecule has 1 amide bonds. The fourth-order valence-electron chi connectivity index (χ4n) is 1.71. The highest BCUT2D eigenvalue weighted by molar-refractivity contribution is 8.00. The van der Waals surface area contributed by atoms with Crippen LogP contribution in [-0.4, -0.2) is 16.1 Å². The minimum absolute atomic E-state index is 0.0118. The number of nitrogen functional groups attached to an aromatic ring is 1. The summed E-state index contributed by atoms with van der Waals surface area (Å²) in [5, 5.41) is 13.0. The molecule has 0 aliphatic carbocycles. The number of rotatable bonds is 5. The highest BCUT2D eigenvalue weighted by Gasteiger charge is 2.15. The van der Waals surface area contributed by atoms with Crippen molar-refractivity contribution in [3.8, 4) is 0 Å². The number of nitrogens with one attached hydrogen (secondary N) is 1. The summed E-state index contributed by atoms with van der Waals surface area (Å²) in [5.74, 6) is -0.171. The molecule has 1 atom stereocenters. The molecule has 114 valence electrons. The number of carbonyl (C=O) groups is 1. The van der Waals surface area contributed by atoms with Gasteiger partial charge in [0.05, 0.1) is 10.2 Å². The van der Waals surface area contributed by atoms with Crippen LogP contribution >= 0.6 is 11.8 Å². The second kappa shape index (κ2) is 6.95. The number of thioether (sulfide) groups is 1. The molecule has 0 saturated carbocycles. The molecular weight excluding hydrogens is 302 g/mol. The van der Waals surface area contributed by atoms with Gasteiger partial charge >= 0.3 is 0 Å². The first-order valence-electron chi connectivity index (χ1n) is 6.53. The van der Waals surface area contributed by atoms with Crippen molar-refractivity contribution in [1.29, 1.82) is 0 Å². The number of amides is 1. The minimum atomic E-state index is -0.481. The third kappa shape index (κ3) is 4.23. The molecule has 0 fully saturated rings. The first kappa shape index (κ1) is 15.8. The molecule has 2 aromatic rings. The number of nitrogens with two attached hydrogens (primary N) is 1. The van der Waals surface area contributed by atoms with Crippen LogP contribution in [0.5, 0.6) is 0 Å². The molecule has 0 aliphatic rings. The van der Waals surface area contributed by atoms with Gasteiger partial charge in [-0.25, -0.2) is 0 Å². The lowest BCUT2D eigenvalue weighted by Gasteiger charge is -2.12. The maximum atomic E-state index is 12.1. The third-order valence-corrected chi connectivity index (χ3v) is 4.02. The van der Waals surface area contributed by atoms with Crippen molar-refractivity contribution in [3.63, 3.8) is 0 Å². The van der Waals surface area contributed by atoms with Crippen LogP contribution in [-0.2, 0) is 4.79 Å². The second-order valence-electron chi connectivity index (χ2n) is 4.62. The smallest absolute Gasteiger partial charge is 0.269 e. The molecule has 0 saturated heterocycles. The Bertz CT molecular complexity index is 671. The van der Waals surface area contributed by atoms with Crippen LogP contribution in [0.4, 0.5) is 17.1 Å². The number of hydrogen-bond donors (Lipinski definition) is 2. The molecule has 2 rings (SSSR count). The first-order valence-corrected chi connectivity index (χ1v) is 7.41. The summed E-state index contributed by atoms with van der Waals surface area (Å²) >= 11 is 1.41. The molecule has 0 aromatic heterocycles. The first-order chi connectivity index (χ1) is 10.5. The fourth-order valence-corrected chi connectivity index (χ4v) is 2.58. The van der Waals surface area contributed by atoms with Gasteiger partial charge in [0.15, 0.2) is 0 Å².